The zero-order valence-corrected chi connectivity index (χ0v) is 5.97. The summed E-state index contributed by atoms with van der Waals surface area (Å²) in [5.41, 5.74) is 0. The van der Waals surface area contributed by atoms with Gasteiger partial charge in [0.1, 0.15) is 0 Å². The molecule has 1 N–H and O–H groups in total. The van der Waals surface area contributed by atoms with E-state index in [1.54, 1.807) is 0 Å². The second-order valence-electron chi connectivity index (χ2n) is 0.0816. The fraction of sp³-hybridized carbons (Fsp3) is 0. The van der Waals surface area contributed by atoms with Crippen LogP contribution in [0.5, 0.6) is 0 Å². The van der Waals surface area contributed by atoms with Crippen molar-refractivity contribution in [3.8, 4) is 0 Å². The molecule has 0 aromatic carbocycles. The SMILES string of the molecule is O=NO.[U]. The molecule has 0 bridgehead atoms. The largest absolute Gasteiger partial charge is 0.379 e. The van der Waals surface area contributed by atoms with Crippen molar-refractivity contribution in [3.05, 3.63) is 4.91 Å². The Kier molecular flexibility index (Phi) is 21.7. The van der Waals surface area contributed by atoms with Gasteiger partial charge in [-0.1, -0.05) is 0 Å². The van der Waals surface area contributed by atoms with E-state index in [0.717, 1.165) is 0 Å². The van der Waals surface area contributed by atoms with Crippen molar-refractivity contribution in [1.82, 2.24) is 0 Å². The number of nitrogens with zero attached hydrogens (tertiary/aromatic N) is 1. The van der Waals surface area contributed by atoms with Gasteiger partial charge in [0, 0.05) is 31.1 Å². The molecule has 0 rings (SSSR count). The van der Waals surface area contributed by atoms with Gasteiger partial charge in [0.25, 0.3) is 0 Å². The average Bonchev–Trinajstić information content (AvgIpc) is 0.918. The molecule has 0 amide bonds. The third-order valence-electron chi connectivity index (χ3n) is 0. The van der Waals surface area contributed by atoms with Crippen molar-refractivity contribution in [2.45, 2.75) is 0 Å². The molecule has 0 saturated heterocycles. The van der Waals surface area contributed by atoms with E-state index in [2.05, 4.69) is 0 Å². The van der Waals surface area contributed by atoms with Gasteiger partial charge in [0.2, 0.25) is 0 Å². The standard InChI is InChI=1S/HNO2.U/c2-1-3;/h(H,2,3);. The minimum atomic E-state index is 0. The van der Waals surface area contributed by atoms with E-state index in [1.165, 1.54) is 5.34 Å². The van der Waals surface area contributed by atoms with Crippen molar-refractivity contribution in [2.75, 3.05) is 0 Å². The van der Waals surface area contributed by atoms with Crippen LogP contribution in [0.3, 0.4) is 0 Å². The Morgan fingerprint density at radius 1 is 1.75 bits per heavy atom. The van der Waals surface area contributed by atoms with Crippen LogP contribution in [0.25, 0.3) is 0 Å². The van der Waals surface area contributed by atoms with E-state index in [9.17, 15) is 0 Å². The first kappa shape index (κ1) is 8.82. The predicted molar refractivity (Wildman–Crippen MR) is 7.58 cm³/mol. The molecule has 3 nitrogen and oxygen atoms in total. The summed E-state index contributed by atoms with van der Waals surface area (Å²) in [6, 6.07) is 0. The molecule has 0 fully saturated rings. The molecule has 0 aromatic rings. The minimum absolute atomic E-state index is 0. The molecule has 4 heteroatoms. The molecule has 0 unspecified atom stereocenters. The summed E-state index contributed by atoms with van der Waals surface area (Å²) in [7, 11) is 0. The van der Waals surface area contributed by atoms with Gasteiger partial charge in [-0.3, -0.25) is 0 Å². The Balaban J connectivity index is 0. The number of rotatable bonds is 0. The van der Waals surface area contributed by atoms with Crippen LogP contribution in [0.1, 0.15) is 0 Å². The molecule has 0 saturated carbocycles. The molecule has 0 aliphatic heterocycles. The van der Waals surface area contributed by atoms with Crippen molar-refractivity contribution in [2.24, 2.45) is 5.34 Å². The Hall–Kier alpha value is 0.452. The first-order chi connectivity index (χ1) is 1.41. The average molecular weight is 285 g/mol. The van der Waals surface area contributed by atoms with Gasteiger partial charge in [-0.25, -0.2) is 0 Å². The predicted octanol–water partition coefficient (Wildman–Crippen LogP) is 0.142. The smallest absolute Gasteiger partial charge is 0.152 e. The van der Waals surface area contributed by atoms with Gasteiger partial charge in [-0.2, -0.15) is 0 Å². The monoisotopic (exact) mass is 285 g/mol. The molecular weight excluding hydrogens is 284 g/mol. The molecular formula is HNO2U. The van der Waals surface area contributed by atoms with Crippen LogP contribution in [0.15, 0.2) is 5.34 Å². The second-order valence-corrected chi connectivity index (χ2v) is 0.0816. The normalized spacial score (nSPS) is 3.00. The van der Waals surface area contributed by atoms with Gasteiger partial charge < -0.3 is 5.21 Å². The molecule has 0 aromatic heterocycles. The van der Waals surface area contributed by atoms with Crippen LogP contribution in [0.2, 0.25) is 0 Å². The van der Waals surface area contributed by atoms with Crippen LogP contribution in [0, 0.1) is 36.0 Å². The van der Waals surface area contributed by atoms with E-state index in [-0.39, 0.29) is 31.1 Å². The van der Waals surface area contributed by atoms with Gasteiger partial charge in [-0.05, 0) is 0 Å². The third-order valence-corrected chi connectivity index (χ3v) is 0. The van der Waals surface area contributed by atoms with Crippen LogP contribution in [0.4, 0.5) is 0 Å². The Bertz CT molecular complexity index is 13.5. The van der Waals surface area contributed by atoms with Gasteiger partial charge >= 0.3 is 0 Å². The van der Waals surface area contributed by atoms with Crippen molar-refractivity contribution >= 4 is 0 Å². The molecule has 0 aliphatic rings. The summed E-state index contributed by atoms with van der Waals surface area (Å²) in [4.78, 5) is 8.11. The van der Waals surface area contributed by atoms with E-state index >= 15 is 0 Å². The third kappa shape index (κ3) is 25.3. The molecule has 0 heterocycles. The molecule has 22 valence electrons. The molecule has 0 spiro atoms. The van der Waals surface area contributed by atoms with Gasteiger partial charge in [0.05, 0.1) is 0 Å². The van der Waals surface area contributed by atoms with Gasteiger partial charge in [0.15, 0.2) is 5.34 Å². The zero-order chi connectivity index (χ0) is 2.71. The van der Waals surface area contributed by atoms with Crippen molar-refractivity contribution in [3.63, 3.8) is 0 Å². The quantitative estimate of drug-likeness (QED) is 0.508. The maximum absolute atomic E-state index is 8.11. The van der Waals surface area contributed by atoms with Crippen LogP contribution < -0.4 is 0 Å². The van der Waals surface area contributed by atoms with Crippen LogP contribution in [-0.2, 0) is 0 Å². The molecule has 0 atom stereocenters. The number of hydrogen-bond acceptors (Lipinski definition) is 2. The summed E-state index contributed by atoms with van der Waals surface area (Å²) in [5, 5.41) is 7.89. The number of hydrogen-bond donors (Lipinski definition) is 1. The topological polar surface area (TPSA) is 49.7 Å². The Morgan fingerprint density at radius 2 is 1.75 bits per heavy atom. The molecule has 0 radical (unpaired) electrons. The van der Waals surface area contributed by atoms with E-state index in [4.69, 9.17) is 10.1 Å². The summed E-state index contributed by atoms with van der Waals surface area (Å²) >= 11 is 0. The van der Waals surface area contributed by atoms with Gasteiger partial charge in [-0.15, -0.1) is 4.91 Å². The Labute approximate surface area is 46.7 Å². The first-order valence-electron chi connectivity index (χ1n) is 0.383. The maximum atomic E-state index is 8.11. The second kappa shape index (κ2) is 9.84. The fourth-order valence-corrected chi connectivity index (χ4v) is 0. The summed E-state index contributed by atoms with van der Waals surface area (Å²) in [5.74, 6) is 0. The Morgan fingerprint density at radius 3 is 1.75 bits per heavy atom. The van der Waals surface area contributed by atoms with Crippen LogP contribution in [-0.4, -0.2) is 5.21 Å². The van der Waals surface area contributed by atoms with E-state index in [0.29, 0.717) is 0 Å². The van der Waals surface area contributed by atoms with Crippen molar-refractivity contribution in [1.29, 1.82) is 0 Å². The maximum Gasteiger partial charge on any atom is 0.152 e. The van der Waals surface area contributed by atoms with Crippen LogP contribution >= 0.6 is 0 Å². The van der Waals surface area contributed by atoms with E-state index in [1.807, 2.05) is 0 Å². The molecule has 4 heavy (non-hydrogen) atoms. The van der Waals surface area contributed by atoms with E-state index < -0.39 is 0 Å². The molecule has 0 aliphatic carbocycles. The summed E-state index contributed by atoms with van der Waals surface area (Å²) in [6.45, 7) is 0. The van der Waals surface area contributed by atoms with Crippen molar-refractivity contribution < 1.29 is 36.3 Å². The minimum Gasteiger partial charge on any atom is -0.379 e. The summed E-state index contributed by atoms with van der Waals surface area (Å²) < 4.78 is 0. The summed E-state index contributed by atoms with van der Waals surface area (Å²) in [6.07, 6.45) is 0. The zero-order valence-electron chi connectivity index (χ0n) is 1.80. The fourth-order valence-electron chi connectivity index (χ4n) is 0. The first-order valence-corrected chi connectivity index (χ1v) is 0.383.